The molecule has 0 aliphatic carbocycles. The van der Waals surface area contributed by atoms with Crippen molar-refractivity contribution in [1.82, 2.24) is 10.0 Å². The number of hydrogen-bond donors (Lipinski definition) is 1. The molecule has 3 heterocycles. The molecule has 11 heavy (non-hydrogen) atoms. The Hall–Kier alpha value is -0.120. The lowest BCUT2D eigenvalue weighted by molar-refractivity contribution is -0.107. The molecule has 2 bridgehead atoms. The van der Waals surface area contributed by atoms with Gasteiger partial charge in [0, 0.05) is 32.7 Å². The first-order valence-corrected chi connectivity index (χ1v) is 4.60. The number of nitrogens with two attached hydrogens (primary N) is 1. The molecule has 64 valence electrons. The predicted molar refractivity (Wildman–Crippen MR) is 44.9 cm³/mol. The van der Waals surface area contributed by atoms with E-state index in [0.717, 1.165) is 19.0 Å². The van der Waals surface area contributed by atoms with Crippen LogP contribution in [0.3, 0.4) is 0 Å². The van der Waals surface area contributed by atoms with Crippen LogP contribution in [0.25, 0.3) is 0 Å². The van der Waals surface area contributed by atoms with Crippen molar-refractivity contribution in [2.75, 3.05) is 32.7 Å². The highest BCUT2D eigenvalue weighted by molar-refractivity contribution is 4.79. The molecule has 0 amide bonds. The summed E-state index contributed by atoms with van der Waals surface area (Å²) in [6, 6.07) is 0. The number of hydrazine groups is 1. The molecule has 0 radical (unpaired) electrons. The summed E-state index contributed by atoms with van der Waals surface area (Å²) >= 11 is 0. The van der Waals surface area contributed by atoms with Crippen LogP contribution >= 0.6 is 0 Å². The SMILES string of the molecule is NCCN1CC2CCN1CC2. The highest BCUT2D eigenvalue weighted by Gasteiger charge is 2.30. The Labute approximate surface area is 68.1 Å². The molecule has 0 spiro atoms. The van der Waals surface area contributed by atoms with Crippen molar-refractivity contribution in [3.05, 3.63) is 0 Å². The minimum Gasteiger partial charge on any atom is -0.329 e. The zero-order valence-corrected chi connectivity index (χ0v) is 7.00. The lowest BCUT2D eigenvalue weighted by Crippen LogP contribution is -2.56. The van der Waals surface area contributed by atoms with Gasteiger partial charge in [0.2, 0.25) is 0 Å². The molecule has 0 aromatic carbocycles. The van der Waals surface area contributed by atoms with E-state index in [4.69, 9.17) is 5.73 Å². The first-order chi connectivity index (χ1) is 5.40. The Morgan fingerprint density at radius 3 is 2.45 bits per heavy atom. The minimum absolute atomic E-state index is 0.795. The van der Waals surface area contributed by atoms with Gasteiger partial charge in [-0.3, -0.25) is 0 Å². The summed E-state index contributed by atoms with van der Waals surface area (Å²) in [6.45, 7) is 5.65. The quantitative estimate of drug-likeness (QED) is 0.604. The van der Waals surface area contributed by atoms with Gasteiger partial charge in [-0.05, 0) is 18.8 Å². The Kier molecular flexibility index (Phi) is 2.11. The van der Waals surface area contributed by atoms with E-state index in [0.29, 0.717) is 0 Å². The third-order valence-corrected chi connectivity index (χ3v) is 2.85. The van der Waals surface area contributed by atoms with Crippen LogP contribution in [0.1, 0.15) is 12.8 Å². The maximum absolute atomic E-state index is 5.52. The minimum atomic E-state index is 0.795. The summed E-state index contributed by atoms with van der Waals surface area (Å²) in [7, 11) is 0. The van der Waals surface area contributed by atoms with Crippen LogP contribution in [0.15, 0.2) is 0 Å². The smallest absolute Gasteiger partial charge is 0.0256 e. The lowest BCUT2D eigenvalue weighted by Gasteiger charge is -2.47. The van der Waals surface area contributed by atoms with E-state index in [9.17, 15) is 0 Å². The third-order valence-electron chi connectivity index (χ3n) is 2.85. The first kappa shape index (κ1) is 7.53. The summed E-state index contributed by atoms with van der Waals surface area (Å²) in [5.41, 5.74) is 5.52. The van der Waals surface area contributed by atoms with Crippen molar-refractivity contribution in [2.45, 2.75) is 12.8 Å². The second-order valence-corrected chi connectivity index (χ2v) is 3.60. The van der Waals surface area contributed by atoms with Crippen LogP contribution in [-0.2, 0) is 0 Å². The van der Waals surface area contributed by atoms with E-state index < -0.39 is 0 Å². The zero-order chi connectivity index (χ0) is 7.68. The molecule has 0 aromatic rings. The monoisotopic (exact) mass is 155 g/mol. The molecule has 0 aromatic heterocycles. The number of nitrogens with zero attached hydrogens (tertiary/aromatic N) is 2. The van der Waals surface area contributed by atoms with E-state index in [-0.39, 0.29) is 0 Å². The molecule has 3 aliphatic rings. The molecule has 0 atom stereocenters. The van der Waals surface area contributed by atoms with E-state index in [2.05, 4.69) is 10.0 Å². The highest BCUT2D eigenvalue weighted by atomic mass is 15.6. The molecule has 0 unspecified atom stereocenters. The van der Waals surface area contributed by atoms with Gasteiger partial charge >= 0.3 is 0 Å². The van der Waals surface area contributed by atoms with Crippen LogP contribution in [0.5, 0.6) is 0 Å². The fraction of sp³-hybridized carbons (Fsp3) is 1.00. The molecular weight excluding hydrogens is 138 g/mol. The summed E-state index contributed by atoms with van der Waals surface area (Å²) in [5, 5.41) is 4.89. The number of piperidine rings is 1. The summed E-state index contributed by atoms with van der Waals surface area (Å²) < 4.78 is 0. The summed E-state index contributed by atoms with van der Waals surface area (Å²) in [6.07, 6.45) is 2.81. The van der Waals surface area contributed by atoms with Gasteiger partial charge < -0.3 is 5.73 Å². The van der Waals surface area contributed by atoms with Gasteiger partial charge in [-0.1, -0.05) is 0 Å². The molecule has 3 rings (SSSR count). The van der Waals surface area contributed by atoms with Crippen LogP contribution in [-0.4, -0.2) is 42.7 Å². The zero-order valence-electron chi connectivity index (χ0n) is 7.00. The average Bonchev–Trinajstić information content (AvgIpc) is 2.07. The van der Waals surface area contributed by atoms with Crippen molar-refractivity contribution in [2.24, 2.45) is 11.7 Å². The average molecular weight is 155 g/mol. The van der Waals surface area contributed by atoms with Gasteiger partial charge in [-0.2, -0.15) is 0 Å². The molecule has 3 heteroatoms. The van der Waals surface area contributed by atoms with Gasteiger partial charge in [0.05, 0.1) is 0 Å². The van der Waals surface area contributed by atoms with Crippen molar-refractivity contribution < 1.29 is 0 Å². The second kappa shape index (κ2) is 3.09. The van der Waals surface area contributed by atoms with Crippen molar-refractivity contribution in [3.63, 3.8) is 0 Å². The van der Waals surface area contributed by atoms with Gasteiger partial charge in [0.15, 0.2) is 0 Å². The van der Waals surface area contributed by atoms with E-state index in [1.165, 1.54) is 32.5 Å². The van der Waals surface area contributed by atoms with E-state index >= 15 is 0 Å². The Balaban J connectivity index is 1.92. The molecule has 3 saturated heterocycles. The van der Waals surface area contributed by atoms with E-state index in [1.54, 1.807) is 0 Å². The molecular formula is C8H17N3. The topological polar surface area (TPSA) is 32.5 Å². The van der Waals surface area contributed by atoms with Gasteiger partial charge in [-0.25, -0.2) is 10.0 Å². The molecule has 3 aliphatic heterocycles. The molecule has 3 fully saturated rings. The van der Waals surface area contributed by atoms with Crippen molar-refractivity contribution >= 4 is 0 Å². The molecule has 3 nitrogen and oxygen atoms in total. The lowest BCUT2D eigenvalue weighted by atomic mass is 9.94. The van der Waals surface area contributed by atoms with Crippen LogP contribution < -0.4 is 5.73 Å². The predicted octanol–water partition coefficient (Wildman–Crippen LogP) is -0.112. The number of rotatable bonds is 2. The van der Waals surface area contributed by atoms with Gasteiger partial charge in [0.1, 0.15) is 0 Å². The van der Waals surface area contributed by atoms with Gasteiger partial charge in [-0.15, -0.1) is 0 Å². The van der Waals surface area contributed by atoms with Crippen LogP contribution in [0.2, 0.25) is 0 Å². The largest absolute Gasteiger partial charge is 0.329 e. The third kappa shape index (κ3) is 1.41. The standard InChI is InChI=1S/C8H17N3/c9-3-6-11-7-8-1-4-10(11)5-2-8/h8H,1-7,9H2. The van der Waals surface area contributed by atoms with Crippen molar-refractivity contribution in [1.29, 1.82) is 0 Å². The van der Waals surface area contributed by atoms with Gasteiger partial charge in [0.25, 0.3) is 0 Å². The Morgan fingerprint density at radius 1 is 1.27 bits per heavy atom. The first-order valence-electron chi connectivity index (χ1n) is 4.60. The van der Waals surface area contributed by atoms with Crippen molar-refractivity contribution in [3.8, 4) is 0 Å². The Bertz CT molecular complexity index is 129. The second-order valence-electron chi connectivity index (χ2n) is 3.60. The maximum atomic E-state index is 5.52. The summed E-state index contributed by atoms with van der Waals surface area (Å²) in [5.74, 6) is 0.964. The van der Waals surface area contributed by atoms with Crippen LogP contribution in [0, 0.1) is 5.92 Å². The highest BCUT2D eigenvalue weighted by Crippen LogP contribution is 2.25. The summed E-state index contributed by atoms with van der Waals surface area (Å²) in [4.78, 5) is 0. The number of hydrogen-bond acceptors (Lipinski definition) is 3. The Morgan fingerprint density at radius 2 is 2.00 bits per heavy atom. The fourth-order valence-corrected chi connectivity index (χ4v) is 2.18. The number of fused-ring (bicyclic) bond motifs is 3. The maximum Gasteiger partial charge on any atom is 0.0256 e. The fourth-order valence-electron chi connectivity index (χ4n) is 2.18. The van der Waals surface area contributed by atoms with E-state index in [1.807, 2.05) is 0 Å². The normalized spacial score (nSPS) is 37.9. The van der Waals surface area contributed by atoms with Crippen LogP contribution in [0.4, 0.5) is 0 Å². The molecule has 0 saturated carbocycles. The molecule has 2 N–H and O–H groups in total.